The fraction of sp³-hybridized carbons (Fsp3) is 0.714. The molecule has 0 heterocycles. The lowest BCUT2D eigenvalue weighted by molar-refractivity contribution is -0.139. The first-order chi connectivity index (χ1) is 9.11. The smallest absolute Gasteiger partial charge is 0.407 e. The van der Waals surface area contributed by atoms with Crippen molar-refractivity contribution in [3.63, 3.8) is 0 Å². The first-order valence-electron chi connectivity index (χ1n) is 6.88. The minimum atomic E-state index is -1.02. The van der Waals surface area contributed by atoms with Crippen LogP contribution in [0.3, 0.4) is 0 Å². The van der Waals surface area contributed by atoms with E-state index in [1.54, 1.807) is 0 Å². The average molecular weight is 271 g/mol. The van der Waals surface area contributed by atoms with Crippen LogP contribution < -0.4 is 5.32 Å². The molecular weight excluding hydrogens is 246 g/mol. The Morgan fingerprint density at radius 2 is 2.05 bits per heavy atom. The Bertz CT molecular complexity index is 279. The summed E-state index contributed by atoms with van der Waals surface area (Å²) in [5.74, 6) is -1.02. The SMILES string of the molecule is C=CCCCCCOC(=O)N[C@@H](CCCC)C(=O)O. The van der Waals surface area contributed by atoms with E-state index in [0.717, 1.165) is 38.5 Å². The Labute approximate surface area is 115 Å². The molecule has 5 nitrogen and oxygen atoms in total. The summed E-state index contributed by atoms with van der Waals surface area (Å²) in [6.45, 7) is 5.92. The van der Waals surface area contributed by atoms with Crippen molar-refractivity contribution < 1.29 is 19.4 Å². The number of hydrogen-bond donors (Lipinski definition) is 2. The van der Waals surface area contributed by atoms with Gasteiger partial charge in [-0.1, -0.05) is 25.8 Å². The van der Waals surface area contributed by atoms with E-state index >= 15 is 0 Å². The fourth-order valence-corrected chi connectivity index (χ4v) is 1.58. The zero-order valence-corrected chi connectivity index (χ0v) is 11.7. The molecule has 0 saturated heterocycles. The van der Waals surface area contributed by atoms with Gasteiger partial charge in [0.15, 0.2) is 0 Å². The standard InChI is InChI=1S/C14H25NO4/c1-3-5-7-8-9-11-19-14(18)15-12(13(16)17)10-6-4-2/h3,12H,1,4-11H2,2H3,(H,15,18)(H,16,17)/t12-/m0/s1. The number of hydrogen-bond acceptors (Lipinski definition) is 3. The molecule has 1 amide bonds. The summed E-state index contributed by atoms with van der Waals surface area (Å²) in [4.78, 5) is 22.3. The highest BCUT2D eigenvalue weighted by atomic mass is 16.5. The molecule has 0 radical (unpaired) electrons. The number of rotatable bonds is 11. The van der Waals surface area contributed by atoms with Crippen LogP contribution in [0.4, 0.5) is 4.79 Å². The van der Waals surface area contributed by atoms with Gasteiger partial charge in [-0.25, -0.2) is 9.59 Å². The number of carboxylic acids is 1. The summed E-state index contributed by atoms with van der Waals surface area (Å²) in [6.07, 6.45) is 7.05. The molecule has 0 unspecified atom stereocenters. The van der Waals surface area contributed by atoms with Crippen molar-refractivity contribution in [2.24, 2.45) is 0 Å². The van der Waals surface area contributed by atoms with Crippen LogP contribution in [0.5, 0.6) is 0 Å². The van der Waals surface area contributed by atoms with Gasteiger partial charge in [-0.15, -0.1) is 6.58 Å². The van der Waals surface area contributed by atoms with Crippen LogP contribution in [0, 0.1) is 0 Å². The Balaban J connectivity index is 3.74. The number of carbonyl (C=O) groups excluding carboxylic acids is 1. The summed E-state index contributed by atoms with van der Waals surface area (Å²) < 4.78 is 4.94. The molecule has 1 atom stereocenters. The van der Waals surface area contributed by atoms with Gasteiger partial charge in [-0.05, 0) is 32.1 Å². The predicted molar refractivity (Wildman–Crippen MR) is 74.1 cm³/mol. The molecule has 0 aromatic rings. The predicted octanol–water partition coefficient (Wildman–Crippen LogP) is 3.10. The van der Waals surface area contributed by atoms with E-state index in [1.165, 1.54) is 0 Å². The van der Waals surface area contributed by atoms with Gasteiger partial charge in [0.25, 0.3) is 0 Å². The largest absolute Gasteiger partial charge is 0.480 e. The van der Waals surface area contributed by atoms with Crippen molar-refractivity contribution in [3.8, 4) is 0 Å². The van der Waals surface area contributed by atoms with Crippen molar-refractivity contribution in [2.75, 3.05) is 6.61 Å². The van der Waals surface area contributed by atoms with Crippen LogP contribution in [0.15, 0.2) is 12.7 Å². The molecule has 0 bridgehead atoms. The lowest BCUT2D eigenvalue weighted by atomic mass is 10.1. The van der Waals surface area contributed by atoms with Crippen LogP contribution >= 0.6 is 0 Å². The number of nitrogens with one attached hydrogen (secondary N) is 1. The number of carboxylic acid groups (broad SMARTS) is 1. The van der Waals surface area contributed by atoms with Gasteiger partial charge >= 0.3 is 12.1 Å². The molecule has 0 aliphatic heterocycles. The normalized spacial score (nSPS) is 11.6. The maximum atomic E-state index is 11.4. The van der Waals surface area contributed by atoms with Crippen LogP contribution in [-0.2, 0) is 9.53 Å². The monoisotopic (exact) mass is 271 g/mol. The molecule has 110 valence electrons. The number of ether oxygens (including phenoxy) is 1. The van der Waals surface area contributed by atoms with Gasteiger partial charge in [-0.2, -0.15) is 0 Å². The van der Waals surface area contributed by atoms with Gasteiger partial charge in [0.05, 0.1) is 6.61 Å². The van der Waals surface area contributed by atoms with Crippen LogP contribution in [-0.4, -0.2) is 29.8 Å². The quantitative estimate of drug-likeness (QED) is 0.447. The molecule has 0 saturated carbocycles. The molecule has 5 heteroatoms. The average Bonchev–Trinajstić information content (AvgIpc) is 2.38. The molecule has 0 rings (SSSR count). The summed E-state index contributed by atoms with van der Waals surface area (Å²) in [6, 6.07) is -0.854. The molecule has 0 aliphatic carbocycles. The van der Waals surface area contributed by atoms with Crippen molar-refractivity contribution in [3.05, 3.63) is 12.7 Å². The highest BCUT2D eigenvalue weighted by molar-refractivity contribution is 5.79. The van der Waals surface area contributed by atoms with Crippen LogP contribution in [0.1, 0.15) is 51.9 Å². The van der Waals surface area contributed by atoms with Crippen LogP contribution in [0.2, 0.25) is 0 Å². The third-order valence-electron chi connectivity index (χ3n) is 2.72. The topological polar surface area (TPSA) is 75.6 Å². The van der Waals surface area contributed by atoms with Crippen LogP contribution in [0.25, 0.3) is 0 Å². The van der Waals surface area contributed by atoms with E-state index in [4.69, 9.17) is 9.84 Å². The fourth-order valence-electron chi connectivity index (χ4n) is 1.58. The second kappa shape index (κ2) is 11.6. The summed E-state index contributed by atoms with van der Waals surface area (Å²) in [5.41, 5.74) is 0. The maximum absolute atomic E-state index is 11.4. The summed E-state index contributed by atoms with van der Waals surface area (Å²) >= 11 is 0. The molecule has 2 N–H and O–H groups in total. The number of unbranched alkanes of at least 4 members (excludes halogenated alkanes) is 4. The molecule has 0 fully saturated rings. The van der Waals surface area contributed by atoms with Crippen molar-refractivity contribution in [1.82, 2.24) is 5.32 Å². The first kappa shape index (κ1) is 17.5. The molecule has 19 heavy (non-hydrogen) atoms. The summed E-state index contributed by atoms with van der Waals surface area (Å²) in [5, 5.41) is 11.3. The number of aliphatic carboxylic acids is 1. The second-order valence-electron chi connectivity index (χ2n) is 4.45. The van der Waals surface area contributed by atoms with Gasteiger partial charge < -0.3 is 15.2 Å². The van der Waals surface area contributed by atoms with E-state index in [-0.39, 0.29) is 0 Å². The minimum Gasteiger partial charge on any atom is -0.480 e. The molecule has 0 aliphatic rings. The Morgan fingerprint density at radius 3 is 2.63 bits per heavy atom. The maximum Gasteiger partial charge on any atom is 0.407 e. The van der Waals surface area contributed by atoms with Gasteiger partial charge in [0, 0.05) is 0 Å². The van der Waals surface area contributed by atoms with Gasteiger partial charge in [0.2, 0.25) is 0 Å². The Hall–Kier alpha value is -1.52. The minimum absolute atomic E-state index is 0.323. The number of amides is 1. The van der Waals surface area contributed by atoms with Crippen molar-refractivity contribution >= 4 is 12.1 Å². The zero-order chi connectivity index (χ0) is 14.5. The van der Waals surface area contributed by atoms with Gasteiger partial charge in [-0.3, -0.25) is 0 Å². The van der Waals surface area contributed by atoms with Crippen molar-refractivity contribution in [2.45, 2.75) is 57.9 Å². The highest BCUT2D eigenvalue weighted by Crippen LogP contribution is 2.03. The number of alkyl carbamates (subject to hydrolysis) is 1. The lowest BCUT2D eigenvalue weighted by Gasteiger charge is -2.14. The number of carbonyl (C=O) groups is 2. The Kier molecular flexibility index (Phi) is 10.6. The van der Waals surface area contributed by atoms with E-state index in [1.807, 2.05) is 13.0 Å². The summed E-state index contributed by atoms with van der Waals surface area (Å²) in [7, 11) is 0. The van der Waals surface area contributed by atoms with Gasteiger partial charge in [0.1, 0.15) is 6.04 Å². The number of allylic oxidation sites excluding steroid dienone is 1. The molecule has 0 spiro atoms. The second-order valence-corrected chi connectivity index (χ2v) is 4.45. The van der Waals surface area contributed by atoms with E-state index < -0.39 is 18.1 Å². The van der Waals surface area contributed by atoms with Crippen molar-refractivity contribution in [1.29, 1.82) is 0 Å². The molecular formula is C14H25NO4. The zero-order valence-electron chi connectivity index (χ0n) is 11.7. The third kappa shape index (κ3) is 10.1. The molecule has 0 aromatic carbocycles. The van der Waals surface area contributed by atoms with E-state index in [2.05, 4.69) is 11.9 Å². The van der Waals surface area contributed by atoms with E-state index in [0.29, 0.717) is 13.0 Å². The molecule has 0 aromatic heterocycles. The van der Waals surface area contributed by atoms with E-state index in [9.17, 15) is 9.59 Å². The Morgan fingerprint density at radius 1 is 1.32 bits per heavy atom. The lowest BCUT2D eigenvalue weighted by Crippen LogP contribution is -2.41. The third-order valence-corrected chi connectivity index (χ3v) is 2.72. The first-order valence-corrected chi connectivity index (χ1v) is 6.88. The highest BCUT2D eigenvalue weighted by Gasteiger charge is 2.19.